The quantitative estimate of drug-likeness (QED) is 0.605. The van der Waals surface area contributed by atoms with Crippen molar-refractivity contribution in [3.05, 3.63) is 101 Å². The topological polar surface area (TPSA) is 38.3 Å². The number of para-hydroxylation sites is 1. The van der Waals surface area contributed by atoms with E-state index >= 15 is 0 Å². The van der Waals surface area contributed by atoms with Gasteiger partial charge in [-0.25, -0.2) is 0 Å². The van der Waals surface area contributed by atoms with Gasteiger partial charge in [0.05, 0.1) is 6.04 Å². The molecule has 0 bridgehead atoms. The van der Waals surface area contributed by atoms with Crippen LogP contribution in [0.2, 0.25) is 0 Å². The first-order valence-corrected chi connectivity index (χ1v) is 9.72. The molecular weight excluding hydrogens is 346 g/mol. The van der Waals surface area contributed by atoms with Crippen LogP contribution in [0.15, 0.2) is 78.9 Å². The number of rotatable bonds is 7. The molecule has 0 radical (unpaired) electrons. The number of nitrogens with one attached hydrogen (secondary N) is 1. The number of amides is 1. The molecule has 1 N–H and O–H groups in total. The van der Waals surface area contributed by atoms with Gasteiger partial charge in [-0.2, -0.15) is 0 Å². The second-order valence-corrected chi connectivity index (χ2v) is 7.04. The summed E-state index contributed by atoms with van der Waals surface area (Å²) in [5.74, 6) is 0.635. The van der Waals surface area contributed by atoms with Crippen molar-refractivity contribution in [1.29, 1.82) is 0 Å². The van der Waals surface area contributed by atoms with Crippen LogP contribution in [0.1, 0.15) is 41.6 Å². The van der Waals surface area contributed by atoms with Gasteiger partial charge in [-0.15, -0.1) is 0 Å². The Morgan fingerprint density at radius 2 is 1.46 bits per heavy atom. The van der Waals surface area contributed by atoms with Gasteiger partial charge in [-0.05, 0) is 43.0 Å². The van der Waals surface area contributed by atoms with Crippen LogP contribution in [0.3, 0.4) is 0 Å². The molecule has 0 spiro atoms. The second-order valence-electron chi connectivity index (χ2n) is 7.04. The number of hydrogen-bond donors (Lipinski definition) is 1. The van der Waals surface area contributed by atoms with Crippen LogP contribution in [0.5, 0.6) is 5.75 Å². The molecule has 3 nitrogen and oxygen atoms in total. The molecule has 0 aliphatic rings. The van der Waals surface area contributed by atoms with Crippen LogP contribution in [0, 0.1) is 13.8 Å². The Morgan fingerprint density at radius 3 is 2.11 bits per heavy atom. The fourth-order valence-corrected chi connectivity index (χ4v) is 3.16. The molecule has 0 saturated carbocycles. The van der Waals surface area contributed by atoms with Crippen LogP contribution in [-0.4, -0.2) is 12.0 Å². The summed E-state index contributed by atoms with van der Waals surface area (Å²) in [4.78, 5) is 13.1. The number of ether oxygens (including phenoxy) is 1. The predicted molar refractivity (Wildman–Crippen MR) is 113 cm³/mol. The van der Waals surface area contributed by atoms with Crippen molar-refractivity contribution in [2.24, 2.45) is 0 Å². The van der Waals surface area contributed by atoms with Gasteiger partial charge in [0, 0.05) is 0 Å². The van der Waals surface area contributed by atoms with Gasteiger partial charge in [-0.1, -0.05) is 85.3 Å². The number of carbonyl (C=O) groups is 1. The van der Waals surface area contributed by atoms with Crippen molar-refractivity contribution in [2.75, 3.05) is 0 Å². The van der Waals surface area contributed by atoms with E-state index < -0.39 is 6.10 Å². The summed E-state index contributed by atoms with van der Waals surface area (Å²) in [6.45, 7) is 6.01. The van der Waals surface area contributed by atoms with Crippen molar-refractivity contribution in [1.82, 2.24) is 5.32 Å². The third-order valence-corrected chi connectivity index (χ3v) is 4.86. The lowest BCUT2D eigenvalue weighted by Crippen LogP contribution is -2.40. The molecule has 3 aromatic carbocycles. The zero-order valence-corrected chi connectivity index (χ0v) is 16.7. The Morgan fingerprint density at radius 1 is 0.857 bits per heavy atom. The molecule has 0 aliphatic heterocycles. The average Bonchev–Trinajstić information content (AvgIpc) is 2.72. The first-order chi connectivity index (χ1) is 13.6. The van der Waals surface area contributed by atoms with Gasteiger partial charge in [-0.3, -0.25) is 4.79 Å². The summed E-state index contributed by atoms with van der Waals surface area (Å²) >= 11 is 0. The summed E-state index contributed by atoms with van der Waals surface area (Å²) in [7, 11) is 0. The molecule has 2 atom stereocenters. The Hall–Kier alpha value is -3.07. The van der Waals surface area contributed by atoms with Crippen LogP contribution >= 0.6 is 0 Å². The third-order valence-electron chi connectivity index (χ3n) is 4.86. The number of carbonyl (C=O) groups excluding carboxylic acids is 1. The Kier molecular flexibility index (Phi) is 6.49. The van der Waals surface area contributed by atoms with Crippen LogP contribution < -0.4 is 10.1 Å². The molecule has 3 aromatic rings. The monoisotopic (exact) mass is 373 g/mol. The van der Waals surface area contributed by atoms with Gasteiger partial charge in [0.15, 0.2) is 6.10 Å². The molecule has 144 valence electrons. The average molecular weight is 373 g/mol. The van der Waals surface area contributed by atoms with Crippen molar-refractivity contribution < 1.29 is 9.53 Å². The van der Waals surface area contributed by atoms with E-state index in [9.17, 15) is 4.79 Å². The Balaban J connectivity index is 1.83. The SMILES string of the molecule is CC[C@H](Oc1ccccc1C)C(=O)N[C@@H](c1ccccc1)c1ccc(C)cc1. The van der Waals surface area contributed by atoms with Crippen molar-refractivity contribution in [3.63, 3.8) is 0 Å². The maximum Gasteiger partial charge on any atom is 0.261 e. The maximum atomic E-state index is 13.1. The third kappa shape index (κ3) is 4.80. The standard InChI is InChI=1S/C25H27NO2/c1-4-22(28-23-13-9-8-10-19(23)3)25(27)26-24(20-11-6-5-7-12-20)21-16-14-18(2)15-17-21/h5-17,22,24H,4H2,1-3H3,(H,26,27)/t22-,24-/m0/s1. The van der Waals surface area contributed by atoms with Crippen LogP contribution in [0.25, 0.3) is 0 Å². The lowest BCUT2D eigenvalue weighted by atomic mass is 9.97. The van der Waals surface area contributed by atoms with E-state index in [1.54, 1.807) is 0 Å². The lowest BCUT2D eigenvalue weighted by molar-refractivity contribution is -0.128. The normalized spacial score (nSPS) is 12.8. The van der Waals surface area contributed by atoms with E-state index in [4.69, 9.17) is 4.74 Å². The van der Waals surface area contributed by atoms with E-state index in [-0.39, 0.29) is 11.9 Å². The first-order valence-electron chi connectivity index (χ1n) is 9.72. The smallest absolute Gasteiger partial charge is 0.261 e. The zero-order chi connectivity index (χ0) is 19.9. The second kappa shape index (κ2) is 9.23. The van der Waals surface area contributed by atoms with Gasteiger partial charge in [0.2, 0.25) is 0 Å². The highest BCUT2D eigenvalue weighted by Crippen LogP contribution is 2.24. The predicted octanol–water partition coefficient (Wildman–Crippen LogP) is 5.37. The van der Waals surface area contributed by atoms with E-state index in [0.717, 1.165) is 22.4 Å². The first kappa shape index (κ1) is 19.7. The van der Waals surface area contributed by atoms with Crippen molar-refractivity contribution >= 4 is 5.91 Å². The highest BCUT2D eigenvalue weighted by molar-refractivity contribution is 5.82. The van der Waals surface area contributed by atoms with E-state index in [0.29, 0.717) is 6.42 Å². The number of aryl methyl sites for hydroxylation is 2. The minimum atomic E-state index is -0.544. The Bertz CT molecular complexity index is 903. The minimum absolute atomic E-state index is 0.111. The van der Waals surface area contributed by atoms with Gasteiger partial charge < -0.3 is 10.1 Å². The fraction of sp³-hybridized carbons (Fsp3) is 0.240. The molecule has 3 heteroatoms. The molecule has 0 fully saturated rings. The molecule has 0 unspecified atom stereocenters. The fourth-order valence-electron chi connectivity index (χ4n) is 3.16. The molecule has 28 heavy (non-hydrogen) atoms. The maximum absolute atomic E-state index is 13.1. The number of benzene rings is 3. The number of hydrogen-bond acceptors (Lipinski definition) is 2. The molecule has 3 rings (SSSR count). The van der Waals surface area contributed by atoms with Gasteiger partial charge in [0.1, 0.15) is 5.75 Å². The summed E-state index contributed by atoms with van der Waals surface area (Å²) in [5, 5.41) is 3.20. The van der Waals surface area contributed by atoms with Crippen LogP contribution in [-0.2, 0) is 4.79 Å². The summed E-state index contributed by atoms with van der Waals surface area (Å²) in [5.41, 5.74) is 4.31. The largest absolute Gasteiger partial charge is 0.480 e. The Labute approximate surface area is 167 Å². The molecule has 0 saturated heterocycles. The van der Waals surface area contributed by atoms with E-state index in [1.165, 1.54) is 5.56 Å². The minimum Gasteiger partial charge on any atom is -0.480 e. The molecule has 0 aliphatic carbocycles. The molecule has 1 amide bonds. The van der Waals surface area contributed by atoms with Gasteiger partial charge in [0.25, 0.3) is 5.91 Å². The van der Waals surface area contributed by atoms with Gasteiger partial charge >= 0.3 is 0 Å². The van der Waals surface area contributed by atoms with E-state index in [1.807, 2.05) is 68.4 Å². The molecule has 0 aromatic heterocycles. The highest BCUT2D eigenvalue weighted by atomic mass is 16.5. The summed E-state index contributed by atoms with van der Waals surface area (Å²) < 4.78 is 6.04. The molecule has 0 heterocycles. The lowest BCUT2D eigenvalue weighted by Gasteiger charge is -2.24. The van der Waals surface area contributed by atoms with Crippen molar-refractivity contribution in [2.45, 2.75) is 39.3 Å². The summed E-state index contributed by atoms with van der Waals surface area (Å²) in [6.07, 6.45) is 0.0491. The summed E-state index contributed by atoms with van der Waals surface area (Å²) in [6, 6.07) is 25.9. The molecular formula is C25H27NO2. The highest BCUT2D eigenvalue weighted by Gasteiger charge is 2.24. The zero-order valence-electron chi connectivity index (χ0n) is 16.7. The van der Waals surface area contributed by atoms with E-state index in [2.05, 4.69) is 36.5 Å². The van der Waals surface area contributed by atoms with Crippen LogP contribution in [0.4, 0.5) is 0 Å². The van der Waals surface area contributed by atoms with Crippen molar-refractivity contribution in [3.8, 4) is 5.75 Å².